The molecule has 0 bridgehead atoms. The van der Waals surface area contributed by atoms with Crippen LogP contribution in [0, 0.1) is 0 Å². The van der Waals surface area contributed by atoms with Gasteiger partial charge in [0.1, 0.15) is 24.7 Å². The summed E-state index contributed by atoms with van der Waals surface area (Å²) in [6, 6.07) is 14.5. The van der Waals surface area contributed by atoms with Crippen molar-refractivity contribution in [3.63, 3.8) is 0 Å². The molecule has 0 spiro atoms. The van der Waals surface area contributed by atoms with Crippen molar-refractivity contribution in [2.45, 2.75) is 0 Å². The van der Waals surface area contributed by atoms with Gasteiger partial charge in [0.2, 0.25) is 0 Å². The molecule has 0 saturated carbocycles. The first kappa shape index (κ1) is 17.2. The standard InChI is InChI=1S/2C9H11NO/c2*1-2-7-11-9-5-3-8(10)4-6-9/h2*2-6H,1,7,10H2. The molecule has 22 heavy (non-hydrogen) atoms. The maximum absolute atomic E-state index is 5.48. The lowest BCUT2D eigenvalue weighted by atomic mass is 10.3. The molecule has 0 atom stereocenters. The second-order valence-electron chi connectivity index (χ2n) is 4.34. The summed E-state index contributed by atoms with van der Waals surface area (Å²) in [6.45, 7) is 8.15. The van der Waals surface area contributed by atoms with Crippen molar-refractivity contribution in [1.82, 2.24) is 0 Å². The van der Waals surface area contributed by atoms with Crippen LogP contribution in [0.25, 0.3) is 0 Å². The fourth-order valence-corrected chi connectivity index (χ4v) is 1.44. The van der Waals surface area contributed by atoms with Gasteiger partial charge in [-0.15, -0.1) is 0 Å². The zero-order valence-corrected chi connectivity index (χ0v) is 12.6. The van der Waals surface area contributed by atoms with E-state index in [1.54, 1.807) is 36.4 Å². The molecule has 2 rings (SSSR count). The van der Waals surface area contributed by atoms with Crippen LogP contribution in [0.1, 0.15) is 0 Å². The lowest BCUT2D eigenvalue weighted by molar-refractivity contribution is 0.363. The van der Waals surface area contributed by atoms with E-state index in [-0.39, 0.29) is 0 Å². The highest BCUT2D eigenvalue weighted by molar-refractivity contribution is 5.42. The molecule has 0 aliphatic heterocycles. The molecule has 4 heteroatoms. The monoisotopic (exact) mass is 298 g/mol. The summed E-state index contributed by atoms with van der Waals surface area (Å²) in [5.41, 5.74) is 12.5. The molecule has 0 aliphatic carbocycles. The fraction of sp³-hybridized carbons (Fsp3) is 0.111. The molecular weight excluding hydrogens is 276 g/mol. The Kier molecular flexibility index (Phi) is 7.76. The Labute approximate surface area is 131 Å². The average molecular weight is 298 g/mol. The molecule has 0 fully saturated rings. The van der Waals surface area contributed by atoms with Gasteiger partial charge in [0.15, 0.2) is 0 Å². The zero-order chi connectivity index (χ0) is 16.2. The quantitative estimate of drug-likeness (QED) is 0.630. The minimum Gasteiger partial charge on any atom is -0.490 e. The second-order valence-corrected chi connectivity index (χ2v) is 4.34. The van der Waals surface area contributed by atoms with Crippen LogP contribution in [0.15, 0.2) is 73.8 Å². The average Bonchev–Trinajstić information content (AvgIpc) is 2.54. The van der Waals surface area contributed by atoms with Crippen molar-refractivity contribution < 1.29 is 9.47 Å². The second kappa shape index (κ2) is 9.94. The number of hydrogen-bond donors (Lipinski definition) is 2. The first-order chi connectivity index (χ1) is 10.7. The van der Waals surface area contributed by atoms with Crippen LogP contribution in [0.5, 0.6) is 11.5 Å². The molecule has 4 nitrogen and oxygen atoms in total. The number of nitrogens with two attached hydrogens (primary N) is 2. The molecule has 4 N–H and O–H groups in total. The number of rotatable bonds is 6. The molecule has 0 aromatic heterocycles. The molecule has 0 radical (unpaired) electrons. The van der Waals surface area contributed by atoms with E-state index in [1.165, 1.54) is 0 Å². The number of ether oxygens (including phenoxy) is 2. The molecule has 2 aromatic rings. The first-order valence-electron chi connectivity index (χ1n) is 6.84. The Bertz CT molecular complexity index is 509. The Hall–Kier alpha value is -2.88. The minimum absolute atomic E-state index is 0.532. The lowest BCUT2D eigenvalue weighted by Gasteiger charge is -2.01. The number of nitrogen functional groups attached to an aromatic ring is 2. The van der Waals surface area contributed by atoms with Gasteiger partial charge in [-0.3, -0.25) is 0 Å². The van der Waals surface area contributed by atoms with E-state index in [9.17, 15) is 0 Å². The topological polar surface area (TPSA) is 70.5 Å². The highest BCUT2D eigenvalue weighted by Gasteiger charge is 1.90. The third-order valence-electron chi connectivity index (χ3n) is 2.50. The SMILES string of the molecule is C=CCOc1ccc(N)cc1.C=CCOc1ccc(N)cc1. The Morgan fingerprint density at radius 2 is 1.00 bits per heavy atom. The number of anilines is 2. The van der Waals surface area contributed by atoms with Gasteiger partial charge in [0, 0.05) is 11.4 Å². The van der Waals surface area contributed by atoms with Crippen LogP contribution in [0.4, 0.5) is 11.4 Å². The van der Waals surface area contributed by atoms with Gasteiger partial charge in [0.05, 0.1) is 0 Å². The van der Waals surface area contributed by atoms with Crippen molar-refractivity contribution >= 4 is 11.4 Å². The smallest absolute Gasteiger partial charge is 0.119 e. The first-order valence-corrected chi connectivity index (χ1v) is 6.84. The van der Waals surface area contributed by atoms with Crippen LogP contribution in [0.3, 0.4) is 0 Å². The van der Waals surface area contributed by atoms with Crippen LogP contribution in [-0.2, 0) is 0 Å². The summed E-state index contributed by atoms with van der Waals surface area (Å²) in [7, 11) is 0. The summed E-state index contributed by atoms with van der Waals surface area (Å²) in [4.78, 5) is 0. The molecule has 0 heterocycles. The van der Waals surface area contributed by atoms with Crippen LogP contribution in [-0.4, -0.2) is 13.2 Å². The van der Waals surface area contributed by atoms with Crippen molar-refractivity contribution in [2.24, 2.45) is 0 Å². The number of hydrogen-bond acceptors (Lipinski definition) is 4. The van der Waals surface area contributed by atoms with Crippen molar-refractivity contribution in [1.29, 1.82) is 0 Å². The van der Waals surface area contributed by atoms with Gasteiger partial charge in [-0.25, -0.2) is 0 Å². The summed E-state index contributed by atoms with van der Waals surface area (Å²) in [5, 5.41) is 0. The van der Waals surface area contributed by atoms with Crippen molar-refractivity contribution in [3.05, 3.63) is 73.8 Å². The maximum atomic E-state index is 5.48. The van der Waals surface area contributed by atoms with Crippen LogP contribution < -0.4 is 20.9 Å². The normalized spacial score (nSPS) is 9.09. The van der Waals surface area contributed by atoms with Crippen molar-refractivity contribution in [2.75, 3.05) is 24.7 Å². The largest absolute Gasteiger partial charge is 0.490 e. The fourth-order valence-electron chi connectivity index (χ4n) is 1.44. The molecule has 0 saturated heterocycles. The van der Waals surface area contributed by atoms with Gasteiger partial charge in [-0.1, -0.05) is 25.3 Å². The molecule has 0 amide bonds. The maximum Gasteiger partial charge on any atom is 0.119 e. The predicted octanol–water partition coefficient (Wildman–Crippen LogP) is 3.67. The minimum atomic E-state index is 0.532. The van der Waals surface area contributed by atoms with Gasteiger partial charge in [-0.05, 0) is 48.5 Å². The Morgan fingerprint density at radius 1 is 0.682 bits per heavy atom. The van der Waals surface area contributed by atoms with Crippen LogP contribution in [0.2, 0.25) is 0 Å². The van der Waals surface area contributed by atoms with Gasteiger partial charge in [0.25, 0.3) is 0 Å². The highest BCUT2D eigenvalue weighted by Crippen LogP contribution is 2.13. The van der Waals surface area contributed by atoms with E-state index in [2.05, 4.69) is 13.2 Å². The van der Waals surface area contributed by atoms with E-state index >= 15 is 0 Å². The van der Waals surface area contributed by atoms with Crippen LogP contribution >= 0.6 is 0 Å². The Morgan fingerprint density at radius 3 is 1.27 bits per heavy atom. The highest BCUT2D eigenvalue weighted by atomic mass is 16.5. The summed E-state index contributed by atoms with van der Waals surface area (Å²) in [6.07, 6.45) is 3.41. The predicted molar refractivity (Wildman–Crippen MR) is 93.1 cm³/mol. The van der Waals surface area contributed by atoms with E-state index in [0.717, 1.165) is 22.9 Å². The Balaban J connectivity index is 0.000000220. The molecule has 116 valence electrons. The van der Waals surface area contributed by atoms with E-state index < -0.39 is 0 Å². The summed E-state index contributed by atoms with van der Waals surface area (Å²) in [5.74, 6) is 1.64. The van der Waals surface area contributed by atoms with E-state index in [0.29, 0.717) is 13.2 Å². The summed E-state index contributed by atoms with van der Waals surface area (Å²) < 4.78 is 10.5. The molecule has 0 unspecified atom stereocenters. The number of benzene rings is 2. The van der Waals surface area contributed by atoms with E-state index in [1.807, 2.05) is 24.3 Å². The molecule has 0 aliphatic rings. The summed E-state index contributed by atoms with van der Waals surface area (Å²) >= 11 is 0. The molecular formula is C18H22N2O2. The van der Waals surface area contributed by atoms with Crippen molar-refractivity contribution in [3.8, 4) is 11.5 Å². The van der Waals surface area contributed by atoms with Gasteiger partial charge >= 0.3 is 0 Å². The van der Waals surface area contributed by atoms with Gasteiger partial charge < -0.3 is 20.9 Å². The third kappa shape index (κ3) is 7.05. The van der Waals surface area contributed by atoms with E-state index in [4.69, 9.17) is 20.9 Å². The zero-order valence-electron chi connectivity index (χ0n) is 12.6. The lowest BCUT2D eigenvalue weighted by Crippen LogP contribution is -1.92. The third-order valence-corrected chi connectivity index (χ3v) is 2.50. The molecule has 2 aromatic carbocycles. The van der Waals surface area contributed by atoms with Gasteiger partial charge in [-0.2, -0.15) is 0 Å².